The third-order valence-corrected chi connectivity index (χ3v) is 25.3. The number of fused-ring (bicyclic) bond motifs is 5. The lowest BCUT2D eigenvalue weighted by Gasteiger charge is -2.32. The van der Waals surface area contributed by atoms with Gasteiger partial charge in [0.05, 0.1) is 117 Å². The van der Waals surface area contributed by atoms with Crippen LogP contribution in [-0.4, -0.2) is 245 Å². The Hall–Kier alpha value is -15.3. The van der Waals surface area contributed by atoms with E-state index in [9.17, 15) is 33.6 Å². The van der Waals surface area contributed by atoms with E-state index in [0.29, 0.717) is 146 Å². The van der Waals surface area contributed by atoms with Crippen LogP contribution in [0.25, 0.3) is 90.1 Å². The molecule has 1 atom stereocenters. The van der Waals surface area contributed by atoms with Gasteiger partial charge in [0, 0.05) is 167 Å². The Morgan fingerprint density at radius 1 is 0.338 bits per heavy atom. The number of nitrogens with zero attached hydrogens (tertiary/aromatic N) is 15. The summed E-state index contributed by atoms with van der Waals surface area (Å²) in [6, 6.07) is 52.5. The highest BCUT2D eigenvalue weighted by Gasteiger charge is 2.27. The number of piperidine rings is 1. The number of likely N-dealkylation sites (N-methyl/N-ethyl adjacent to an activating group) is 1. The number of anilines is 3. The van der Waals surface area contributed by atoms with Crippen molar-refractivity contribution in [3.8, 4) is 114 Å². The third-order valence-electron chi connectivity index (χ3n) is 25.3. The topological polar surface area (TPSA) is 337 Å². The molecule has 722 valence electrons. The summed E-state index contributed by atoms with van der Waals surface area (Å²) in [6.07, 6.45) is 15.7. The minimum Gasteiger partial charge on any atom is -0.493 e. The first-order valence-electron chi connectivity index (χ1n) is 45.7. The number of hydrogen-bond acceptors (Lipinski definition) is 29. The second kappa shape index (κ2) is 44.2. The van der Waals surface area contributed by atoms with E-state index in [-0.39, 0.29) is 39.3 Å². The van der Waals surface area contributed by atoms with Gasteiger partial charge in [-0.15, -0.1) is 0 Å². The number of rotatable bonds is 21. The molecule has 0 saturated carbocycles. The number of aromatic nitrogens is 10. The molecule has 4 N–H and O–H groups in total. The van der Waals surface area contributed by atoms with Crippen LogP contribution in [0, 0.1) is 5.82 Å². The molecule has 5 aliphatic rings. The molecule has 0 radical (unpaired) electrons. The van der Waals surface area contributed by atoms with E-state index in [1.807, 2.05) is 128 Å². The van der Waals surface area contributed by atoms with Gasteiger partial charge in [0.15, 0.2) is 63.3 Å². The lowest BCUT2D eigenvalue weighted by atomic mass is 9.91. The standard InChI is InChI=1S/C22H26N4O3.C21H23N3O3.C21H21N3O3.C20H21FN4O3.C20H22N4O4/c1-24(2)16-9-10-25(13-16)17-6-8-21-23-18(12-22(27)26(21)14-17)15-5-7-19(28-3)20(11-15)29-4;2*1-26-18-5-3-15(11-19(18)27-2)17-12-21(25)24-13-16(4-6-20(24)23-17)14-7-9-22-10-8-14;1-27-17-10-13(9-15(21)20(17)28-2)16-11-19(26)25-12-14(3-4-18(25)23-16)24-7-5-22-6-8-24;1-27-17-5-3-14(11-18(17)28-2)16-12-20(25)24-13-15(4-6-19(24)21-16)22-7-9-23(26)10-8-22/h5-8,11-12,14,16H,9-10,13H2,1-4H3;3-6,11-14,22H,7-10H2,1-2H3;3-7,11-13,22H,8-10H2,1-2H3;3-4,9-12,22H,5-8H2,1-2H3;3-6,11-13,26H,7-10H2,1-2H3/t16-;;;;/m0..../s1. The minimum absolute atomic E-state index is 0.0180. The number of methoxy groups -OCH3 is 10. The molecule has 20 rings (SSSR count). The van der Waals surface area contributed by atoms with Crippen molar-refractivity contribution in [2.24, 2.45) is 0 Å². The van der Waals surface area contributed by atoms with Crippen LogP contribution in [0.1, 0.15) is 42.7 Å². The molecule has 0 spiro atoms. The summed E-state index contributed by atoms with van der Waals surface area (Å²) >= 11 is 0. The lowest BCUT2D eigenvalue weighted by Crippen LogP contribution is -2.44. The molecule has 15 heterocycles. The highest BCUT2D eigenvalue weighted by Crippen LogP contribution is 2.39. The first-order valence-corrected chi connectivity index (χ1v) is 45.7. The van der Waals surface area contributed by atoms with E-state index in [1.54, 1.807) is 129 Å². The normalized spacial score (nSPS) is 15.0. The van der Waals surface area contributed by atoms with Crippen molar-refractivity contribution in [1.82, 2.24) is 72.8 Å². The Labute approximate surface area is 801 Å². The van der Waals surface area contributed by atoms with Crippen LogP contribution in [0.15, 0.2) is 237 Å². The number of piperazine rings is 2. The molecule has 35 heteroatoms. The lowest BCUT2D eigenvalue weighted by molar-refractivity contribution is -0.0935. The van der Waals surface area contributed by atoms with Crippen LogP contribution in [0.2, 0.25) is 0 Å². The van der Waals surface area contributed by atoms with E-state index in [1.165, 1.54) is 53.0 Å². The van der Waals surface area contributed by atoms with Gasteiger partial charge in [0.2, 0.25) is 0 Å². The number of hydroxylamine groups is 2. The van der Waals surface area contributed by atoms with E-state index in [4.69, 9.17) is 47.4 Å². The largest absolute Gasteiger partial charge is 0.493 e. The molecule has 4 fully saturated rings. The van der Waals surface area contributed by atoms with Crippen LogP contribution in [-0.2, 0) is 0 Å². The van der Waals surface area contributed by atoms with Gasteiger partial charge in [-0.2, -0.15) is 5.06 Å². The maximum Gasteiger partial charge on any atom is 0.258 e. The summed E-state index contributed by atoms with van der Waals surface area (Å²) in [6.45, 7) is 12.0. The average Bonchev–Trinajstić information content (AvgIpc) is 1.51. The molecule has 0 aliphatic carbocycles. The highest BCUT2D eigenvalue weighted by molar-refractivity contribution is 5.73. The number of halogens is 1. The van der Waals surface area contributed by atoms with Crippen LogP contribution in [0.4, 0.5) is 21.5 Å². The predicted molar refractivity (Wildman–Crippen MR) is 535 cm³/mol. The molecule has 4 saturated heterocycles. The van der Waals surface area contributed by atoms with Crippen molar-refractivity contribution >= 4 is 50.9 Å². The molecule has 34 nitrogen and oxygen atoms in total. The molecule has 15 aromatic rings. The SMILES string of the molecule is COc1cc(-c2cc(=O)n3cc(N4CCNCC4)ccc3n2)cc(F)c1OC.COc1ccc(-c2cc(=O)n3cc(C4=CCNCC4)ccc3n2)cc1OC.COc1ccc(-c2cc(=O)n3cc(C4CCNCC4)ccc3n2)cc1OC.COc1ccc(-c2cc(=O)n3cc(N4CCN(O)CC4)ccc3n2)cc1OC.COc1ccc(-c2cc(=O)n3cc(N4CC[C@H](N(C)C)C4)ccc3n2)cc1OC. The fourth-order valence-electron chi connectivity index (χ4n) is 17.6. The van der Waals surface area contributed by atoms with Gasteiger partial charge in [-0.3, -0.25) is 46.0 Å². The third kappa shape index (κ3) is 22.1. The van der Waals surface area contributed by atoms with E-state index in [2.05, 4.69) is 86.7 Å². The van der Waals surface area contributed by atoms with E-state index in [0.717, 1.165) is 136 Å². The maximum atomic E-state index is 14.3. The van der Waals surface area contributed by atoms with Gasteiger partial charge in [0.1, 0.15) is 28.2 Å². The number of benzene rings is 5. The fraction of sp³-hybridized carbons (Fsp3) is 0.308. The molecule has 0 amide bonds. The molecular weight excluding hydrogens is 1780 g/mol. The molecular formula is C104H113FN18O16. The zero-order valence-electron chi connectivity index (χ0n) is 79.7. The summed E-state index contributed by atoms with van der Waals surface area (Å²) in [7, 11) is 19.7. The van der Waals surface area contributed by atoms with Gasteiger partial charge in [-0.05, 0) is 222 Å². The zero-order chi connectivity index (χ0) is 97.5. The smallest absolute Gasteiger partial charge is 0.258 e. The zero-order valence-corrected chi connectivity index (χ0v) is 79.7. The van der Waals surface area contributed by atoms with Crippen LogP contribution >= 0.6 is 0 Å². The summed E-state index contributed by atoms with van der Waals surface area (Å²) < 4.78 is 75.0. The Morgan fingerprint density at radius 3 is 1.09 bits per heavy atom. The molecule has 0 bridgehead atoms. The molecule has 5 aliphatic heterocycles. The van der Waals surface area contributed by atoms with Gasteiger partial charge in [-0.1, -0.05) is 12.1 Å². The van der Waals surface area contributed by atoms with Crippen molar-refractivity contribution < 1.29 is 57.0 Å². The highest BCUT2D eigenvalue weighted by atomic mass is 19.1. The maximum absolute atomic E-state index is 14.3. The minimum atomic E-state index is -0.576. The number of pyridine rings is 5. The van der Waals surface area contributed by atoms with Crippen molar-refractivity contribution in [1.29, 1.82) is 0 Å². The van der Waals surface area contributed by atoms with Gasteiger partial charge in [0.25, 0.3) is 27.8 Å². The summed E-state index contributed by atoms with van der Waals surface area (Å²) in [5.41, 5.74) is 15.2. The number of ether oxygens (including phenoxy) is 10. The van der Waals surface area contributed by atoms with Gasteiger partial charge >= 0.3 is 0 Å². The van der Waals surface area contributed by atoms with Crippen LogP contribution in [0.3, 0.4) is 0 Å². The number of hydrogen-bond donors (Lipinski definition) is 4. The van der Waals surface area contributed by atoms with E-state index < -0.39 is 5.82 Å². The Bertz CT molecular complexity index is 7340. The summed E-state index contributed by atoms with van der Waals surface area (Å²) in [4.78, 5) is 95.9. The molecule has 0 unspecified atom stereocenters. The van der Waals surface area contributed by atoms with Crippen LogP contribution < -0.4 is 106 Å². The van der Waals surface area contributed by atoms with Crippen molar-refractivity contribution in [3.05, 3.63) is 282 Å². The van der Waals surface area contributed by atoms with Crippen molar-refractivity contribution in [3.63, 3.8) is 0 Å². The molecule has 10 aromatic heterocycles. The molecule has 139 heavy (non-hydrogen) atoms. The Balaban J connectivity index is 0.000000125. The second-order valence-corrected chi connectivity index (χ2v) is 33.8. The van der Waals surface area contributed by atoms with Gasteiger partial charge < -0.3 is 88.1 Å². The Morgan fingerprint density at radius 2 is 0.698 bits per heavy atom. The van der Waals surface area contributed by atoms with Crippen LogP contribution in [0.5, 0.6) is 57.5 Å². The monoisotopic (exact) mass is 1890 g/mol. The summed E-state index contributed by atoms with van der Waals surface area (Å²) in [5.74, 6) is 5.12. The van der Waals surface area contributed by atoms with Crippen molar-refractivity contribution in [2.45, 2.75) is 37.6 Å². The molecule has 5 aromatic carbocycles. The quantitative estimate of drug-likeness (QED) is 0.0519. The summed E-state index contributed by atoms with van der Waals surface area (Å²) in [5, 5.41) is 20.8. The Kier molecular flexibility index (Phi) is 30.8. The average molecular weight is 1890 g/mol. The predicted octanol–water partition coefficient (Wildman–Crippen LogP) is 11.9. The van der Waals surface area contributed by atoms with Gasteiger partial charge in [-0.25, -0.2) is 29.3 Å². The fourth-order valence-corrected chi connectivity index (χ4v) is 17.6. The first-order chi connectivity index (χ1) is 67.6. The second-order valence-electron chi connectivity index (χ2n) is 33.8. The van der Waals surface area contributed by atoms with Crippen molar-refractivity contribution in [2.75, 3.05) is 192 Å². The van der Waals surface area contributed by atoms with E-state index >= 15 is 0 Å². The number of nitrogens with one attached hydrogen (secondary N) is 3. The first kappa shape index (κ1) is 96.8.